The van der Waals surface area contributed by atoms with E-state index in [1.807, 2.05) is 19.9 Å². The maximum absolute atomic E-state index is 12.0. The van der Waals surface area contributed by atoms with Crippen molar-refractivity contribution in [1.29, 1.82) is 0 Å². The van der Waals surface area contributed by atoms with Crippen LogP contribution in [0.1, 0.15) is 51.3 Å². The molecular weight excluding hydrogens is 234 g/mol. The highest BCUT2D eigenvalue weighted by atomic mass is 16.1. The number of nitrogens with one attached hydrogen (secondary N) is 1. The van der Waals surface area contributed by atoms with E-state index in [9.17, 15) is 4.79 Å². The molecule has 0 saturated heterocycles. The van der Waals surface area contributed by atoms with Gasteiger partial charge >= 0.3 is 0 Å². The monoisotopic (exact) mass is 257 g/mol. The summed E-state index contributed by atoms with van der Waals surface area (Å²) in [5.74, 6) is 0.0588. The number of hydrogen-bond acceptors (Lipinski definition) is 1. The number of amides is 1. The van der Waals surface area contributed by atoms with Gasteiger partial charge in [-0.3, -0.25) is 4.79 Å². The summed E-state index contributed by atoms with van der Waals surface area (Å²) in [6.45, 7) is 10.6. The zero-order chi connectivity index (χ0) is 14.2. The molecule has 0 unspecified atom stereocenters. The molecule has 1 amide bonds. The fraction of sp³-hybridized carbons (Fsp3) is 0.471. The zero-order valence-electron chi connectivity index (χ0n) is 12.5. The molecule has 2 rings (SSSR count). The molecule has 0 heterocycles. The number of fused-ring (bicyclic) bond motifs is 1. The molecule has 1 aromatic carbocycles. The topological polar surface area (TPSA) is 29.1 Å². The van der Waals surface area contributed by atoms with Crippen LogP contribution in [0.25, 0.3) is 6.08 Å². The highest BCUT2D eigenvalue weighted by Crippen LogP contribution is 2.30. The second-order valence-corrected chi connectivity index (χ2v) is 6.64. The van der Waals surface area contributed by atoms with Crippen LogP contribution in [0.4, 0.5) is 0 Å². The number of benzene rings is 1. The van der Waals surface area contributed by atoms with Gasteiger partial charge in [-0.2, -0.15) is 0 Å². The van der Waals surface area contributed by atoms with Crippen LogP contribution < -0.4 is 5.32 Å². The molecule has 0 fully saturated rings. The lowest BCUT2D eigenvalue weighted by atomic mass is 9.85. The minimum atomic E-state index is 0.0588. The van der Waals surface area contributed by atoms with Gasteiger partial charge in [0.1, 0.15) is 0 Å². The number of carbonyl (C=O) groups is 1. The summed E-state index contributed by atoms with van der Waals surface area (Å²) in [5, 5.41) is 2.96. The van der Waals surface area contributed by atoms with Gasteiger partial charge in [-0.05, 0) is 42.0 Å². The summed E-state index contributed by atoms with van der Waals surface area (Å²) < 4.78 is 0. The van der Waals surface area contributed by atoms with E-state index in [4.69, 9.17) is 0 Å². The third-order valence-electron chi connectivity index (χ3n) is 3.43. The molecule has 0 bridgehead atoms. The SMILES string of the molecule is CC(C)NC(=O)C1=Cc2cc(C(C)(C)C)ccc2C1. The second kappa shape index (κ2) is 4.84. The average molecular weight is 257 g/mol. The van der Waals surface area contributed by atoms with Crippen molar-refractivity contribution in [2.45, 2.75) is 52.5 Å². The molecule has 2 heteroatoms. The van der Waals surface area contributed by atoms with Gasteiger partial charge in [0.15, 0.2) is 0 Å². The maximum Gasteiger partial charge on any atom is 0.247 e. The Labute approximate surface area is 115 Å². The number of carbonyl (C=O) groups excluding carboxylic acids is 1. The van der Waals surface area contributed by atoms with Gasteiger partial charge in [-0.15, -0.1) is 0 Å². The summed E-state index contributed by atoms with van der Waals surface area (Å²) in [6.07, 6.45) is 2.78. The van der Waals surface area contributed by atoms with Crippen molar-refractivity contribution in [3.63, 3.8) is 0 Å². The quantitative estimate of drug-likeness (QED) is 0.864. The highest BCUT2D eigenvalue weighted by Gasteiger charge is 2.21. The van der Waals surface area contributed by atoms with Crippen molar-refractivity contribution in [3.8, 4) is 0 Å². The van der Waals surface area contributed by atoms with Gasteiger partial charge in [0.05, 0.1) is 0 Å². The lowest BCUT2D eigenvalue weighted by molar-refractivity contribution is -0.117. The van der Waals surface area contributed by atoms with Crippen LogP contribution in [0, 0.1) is 0 Å². The van der Waals surface area contributed by atoms with Crippen LogP contribution in [0.15, 0.2) is 23.8 Å². The first-order chi connectivity index (χ1) is 8.77. The van der Waals surface area contributed by atoms with E-state index in [2.05, 4.69) is 44.3 Å². The minimum Gasteiger partial charge on any atom is -0.350 e. The molecule has 19 heavy (non-hydrogen) atoms. The summed E-state index contributed by atoms with van der Waals surface area (Å²) >= 11 is 0. The Morgan fingerprint density at radius 1 is 1.26 bits per heavy atom. The lowest BCUT2D eigenvalue weighted by Crippen LogP contribution is -2.31. The van der Waals surface area contributed by atoms with Gasteiger partial charge < -0.3 is 5.32 Å². The van der Waals surface area contributed by atoms with Gasteiger partial charge in [-0.25, -0.2) is 0 Å². The highest BCUT2D eigenvalue weighted by molar-refractivity contribution is 6.00. The van der Waals surface area contributed by atoms with Crippen molar-refractivity contribution in [1.82, 2.24) is 5.32 Å². The van der Waals surface area contributed by atoms with E-state index < -0.39 is 0 Å². The Balaban J connectivity index is 2.25. The van der Waals surface area contributed by atoms with E-state index in [-0.39, 0.29) is 17.4 Å². The fourth-order valence-corrected chi connectivity index (χ4v) is 2.30. The standard InChI is InChI=1S/C17H23NO/c1-11(2)18-16(19)14-8-12-6-7-15(17(3,4)5)10-13(12)9-14/h6-7,9-11H,8H2,1-5H3,(H,18,19). The molecule has 0 atom stereocenters. The first-order valence-corrected chi connectivity index (χ1v) is 6.92. The summed E-state index contributed by atoms with van der Waals surface area (Å²) in [4.78, 5) is 12.0. The summed E-state index contributed by atoms with van der Waals surface area (Å²) in [5.41, 5.74) is 4.78. The second-order valence-electron chi connectivity index (χ2n) is 6.64. The van der Waals surface area contributed by atoms with Crippen molar-refractivity contribution in [3.05, 3.63) is 40.5 Å². The fourth-order valence-electron chi connectivity index (χ4n) is 2.30. The Kier molecular flexibility index (Phi) is 3.53. The van der Waals surface area contributed by atoms with Crippen molar-refractivity contribution in [2.24, 2.45) is 0 Å². The maximum atomic E-state index is 12.0. The molecule has 1 aromatic rings. The molecule has 0 aromatic heterocycles. The Morgan fingerprint density at radius 2 is 1.95 bits per heavy atom. The van der Waals surface area contributed by atoms with Crippen LogP contribution in [0.3, 0.4) is 0 Å². The third-order valence-corrected chi connectivity index (χ3v) is 3.43. The van der Waals surface area contributed by atoms with Gasteiger partial charge in [-0.1, -0.05) is 39.0 Å². The lowest BCUT2D eigenvalue weighted by Gasteiger charge is -2.19. The van der Waals surface area contributed by atoms with Crippen LogP contribution in [0.5, 0.6) is 0 Å². The molecule has 1 N–H and O–H groups in total. The molecule has 1 aliphatic carbocycles. The van der Waals surface area contributed by atoms with Crippen LogP contribution in [0.2, 0.25) is 0 Å². The largest absolute Gasteiger partial charge is 0.350 e. The Bertz CT molecular complexity index is 533. The van der Waals surface area contributed by atoms with Crippen molar-refractivity contribution >= 4 is 12.0 Å². The molecule has 0 radical (unpaired) electrons. The molecule has 1 aliphatic rings. The van der Waals surface area contributed by atoms with Gasteiger partial charge in [0.25, 0.3) is 0 Å². The van der Waals surface area contributed by atoms with E-state index in [0.29, 0.717) is 0 Å². The summed E-state index contributed by atoms with van der Waals surface area (Å²) in [7, 11) is 0. The predicted octanol–water partition coefficient (Wildman–Crippen LogP) is 3.45. The normalized spacial score (nSPS) is 14.3. The Hall–Kier alpha value is -1.57. The molecule has 0 saturated carbocycles. The molecule has 2 nitrogen and oxygen atoms in total. The van der Waals surface area contributed by atoms with Gasteiger partial charge in [0.2, 0.25) is 5.91 Å². The smallest absolute Gasteiger partial charge is 0.247 e. The average Bonchev–Trinajstić information content (AvgIpc) is 2.69. The minimum absolute atomic E-state index is 0.0588. The van der Waals surface area contributed by atoms with Gasteiger partial charge in [0, 0.05) is 18.0 Å². The third kappa shape index (κ3) is 3.06. The van der Waals surface area contributed by atoms with E-state index >= 15 is 0 Å². The molecule has 0 spiro atoms. The Morgan fingerprint density at radius 3 is 2.53 bits per heavy atom. The number of hydrogen-bond donors (Lipinski definition) is 1. The first kappa shape index (κ1) is 13.9. The van der Waals surface area contributed by atoms with E-state index in [0.717, 1.165) is 12.0 Å². The van der Waals surface area contributed by atoms with Crippen LogP contribution >= 0.6 is 0 Å². The van der Waals surface area contributed by atoms with Crippen LogP contribution in [-0.2, 0) is 16.6 Å². The summed E-state index contributed by atoms with van der Waals surface area (Å²) in [6, 6.07) is 6.73. The molecule has 0 aliphatic heterocycles. The molecular formula is C17H23NO. The number of rotatable bonds is 2. The van der Waals surface area contributed by atoms with Crippen molar-refractivity contribution < 1.29 is 4.79 Å². The van der Waals surface area contributed by atoms with Crippen molar-refractivity contribution in [2.75, 3.05) is 0 Å². The predicted molar refractivity (Wildman–Crippen MR) is 80.1 cm³/mol. The van der Waals surface area contributed by atoms with E-state index in [1.54, 1.807) is 0 Å². The molecule has 102 valence electrons. The van der Waals surface area contributed by atoms with E-state index in [1.165, 1.54) is 16.7 Å². The zero-order valence-corrected chi connectivity index (χ0v) is 12.5. The van der Waals surface area contributed by atoms with Crippen LogP contribution in [-0.4, -0.2) is 11.9 Å². The first-order valence-electron chi connectivity index (χ1n) is 6.92.